The predicted octanol–water partition coefficient (Wildman–Crippen LogP) is 15.4. The van der Waals surface area contributed by atoms with Crippen molar-refractivity contribution in [1.29, 1.82) is 0 Å². The molecule has 70 heavy (non-hydrogen) atoms. The summed E-state index contributed by atoms with van der Waals surface area (Å²) in [5, 5.41) is 54.8. The lowest BCUT2D eigenvalue weighted by Gasteiger charge is -2.40. The van der Waals surface area contributed by atoms with E-state index in [1.807, 2.05) is 0 Å². The zero-order valence-electron chi connectivity index (χ0n) is 46.0. The minimum atomic E-state index is -1.55. The van der Waals surface area contributed by atoms with Gasteiger partial charge in [-0.1, -0.05) is 276 Å². The Bertz CT molecular complexity index is 1150. The number of nitrogens with one attached hydrogen (secondary N) is 1. The van der Waals surface area contributed by atoms with Gasteiger partial charge in [-0.25, -0.2) is 0 Å². The number of carbonyl (C=O) groups excluding carboxylic acids is 1. The molecule has 9 nitrogen and oxygen atoms in total. The monoisotopic (exact) mass is 992 g/mol. The second-order valence-corrected chi connectivity index (χ2v) is 21.5. The minimum Gasteiger partial charge on any atom is -0.394 e. The van der Waals surface area contributed by atoms with Crippen LogP contribution in [0.15, 0.2) is 24.3 Å². The predicted molar refractivity (Wildman–Crippen MR) is 295 cm³/mol. The van der Waals surface area contributed by atoms with Gasteiger partial charge in [-0.15, -0.1) is 0 Å². The molecule has 0 spiro atoms. The highest BCUT2D eigenvalue weighted by Gasteiger charge is 2.44. The molecule has 0 bridgehead atoms. The summed E-state index contributed by atoms with van der Waals surface area (Å²) < 4.78 is 11.3. The second-order valence-electron chi connectivity index (χ2n) is 21.5. The summed E-state index contributed by atoms with van der Waals surface area (Å²) in [6, 6.07) is -0.718. The van der Waals surface area contributed by atoms with Crippen LogP contribution in [0.2, 0.25) is 0 Å². The van der Waals surface area contributed by atoms with E-state index in [1.54, 1.807) is 0 Å². The van der Waals surface area contributed by atoms with Gasteiger partial charge in [0.1, 0.15) is 24.4 Å². The van der Waals surface area contributed by atoms with Crippen molar-refractivity contribution < 1.29 is 39.8 Å². The summed E-state index contributed by atoms with van der Waals surface area (Å²) in [7, 11) is 0. The topological polar surface area (TPSA) is 149 Å². The lowest BCUT2D eigenvalue weighted by Crippen LogP contribution is -2.60. The summed E-state index contributed by atoms with van der Waals surface area (Å²) >= 11 is 0. The van der Waals surface area contributed by atoms with Crippen molar-refractivity contribution in [2.75, 3.05) is 13.2 Å². The van der Waals surface area contributed by atoms with Gasteiger partial charge in [-0.3, -0.25) is 4.79 Å². The molecule has 1 saturated heterocycles. The van der Waals surface area contributed by atoms with E-state index in [4.69, 9.17) is 9.47 Å². The average molecular weight is 993 g/mol. The Balaban J connectivity index is 2.16. The van der Waals surface area contributed by atoms with Gasteiger partial charge in [0.05, 0.1) is 25.4 Å². The third-order valence-corrected chi connectivity index (χ3v) is 14.8. The van der Waals surface area contributed by atoms with Crippen LogP contribution < -0.4 is 5.32 Å². The highest BCUT2D eigenvalue weighted by atomic mass is 16.7. The van der Waals surface area contributed by atoms with Crippen LogP contribution in [-0.2, 0) is 14.3 Å². The second kappa shape index (κ2) is 51.2. The number of amides is 1. The maximum atomic E-state index is 13.1. The lowest BCUT2D eigenvalue weighted by atomic mass is 9.99. The molecule has 1 rings (SSSR count). The number of rotatable bonds is 53. The molecule has 0 saturated carbocycles. The molecule has 7 atom stereocenters. The van der Waals surface area contributed by atoms with Crippen molar-refractivity contribution in [2.45, 2.75) is 346 Å². The molecule has 414 valence electrons. The van der Waals surface area contributed by atoms with Gasteiger partial charge in [0, 0.05) is 6.42 Å². The molecule has 0 aliphatic carbocycles. The van der Waals surface area contributed by atoms with Crippen molar-refractivity contribution in [3.8, 4) is 0 Å². The maximum Gasteiger partial charge on any atom is 0.220 e. The minimum absolute atomic E-state index is 0.134. The first-order chi connectivity index (χ1) is 34.3. The summed E-state index contributed by atoms with van der Waals surface area (Å²) in [6.45, 7) is 3.87. The fraction of sp³-hybridized carbons (Fsp3) is 0.918. The molecule has 0 aromatic rings. The smallest absolute Gasteiger partial charge is 0.220 e. The third-order valence-electron chi connectivity index (χ3n) is 14.8. The van der Waals surface area contributed by atoms with Crippen molar-refractivity contribution in [2.24, 2.45) is 0 Å². The fourth-order valence-corrected chi connectivity index (χ4v) is 9.96. The average Bonchev–Trinajstić information content (AvgIpc) is 3.36. The highest BCUT2D eigenvalue weighted by molar-refractivity contribution is 5.76. The Morgan fingerprint density at radius 2 is 0.843 bits per heavy atom. The highest BCUT2D eigenvalue weighted by Crippen LogP contribution is 2.23. The van der Waals surface area contributed by atoms with Crippen LogP contribution in [0.5, 0.6) is 0 Å². The van der Waals surface area contributed by atoms with Crippen molar-refractivity contribution in [3.63, 3.8) is 0 Å². The molecule has 6 N–H and O–H groups in total. The molecule has 0 aromatic carbocycles. The standard InChI is InChI=1S/C61H117NO8/c1-3-5-7-9-11-13-15-17-19-21-23-25-26-27-28-29-30-31-33-35-37-39-41-43-45-47-49-51-57(65)62-54(53-69-61-60(68)59(67)58(66)56(52-63)70-61)55(64)50-48-46-44-42-40-38-36-34-32-24-22-20-18-16-14-12-10-8-6-4-2/h15,17,21,23,54-56,58-61,63-64,66-68H,3-14,16,18-20,22,24-53H2,1-2H3,(H,62,65)/b17-15-,23-21-. The van der Waals surface area contributed by atoms with Gasteiger partial charge in [0.2, 0.25) is 5.91 Å². The number of aliphatic hydroxyl groups excluding tert-OH is 5. The Labute approximate surface area is 432 Å². The first-order valence-corrected chi connectivity index (χ1v) is 30.5. The molecule has 1 heterocycles. The first kappa shape index (κ1) is 66.7. The number of aliphatic hydroxyl groups is 5. The summed E-state index contributed by atoms with van der Waals surface area (Å²) in [6.07, 6.45) is 57.8. The zero-order chi connectivity index (χ0) is 50.8. The van der Waals surface area contributed by atoms with Crippen LogP contribution in [0, 0.1) is 0 Å². The number of unbranched alkanes of at least 4 members (excludes halogenated alkanes) is 39. The zero-order valence-corrected chi connectivity index (χ0v) is 46.0. The van der Waals surface area contributed by atoms with E-state index in [0.29, 0.717) is 12.8 Å². The van der Waals surface area contributed by atoms with Crippen molar-refractivity contribution >= 4 is 5.91 Å². The third kappa shape index (κ3) is 40.1. The van der Waals surface area contributed by atoms with Crippen LogP contribution in [-0.4, -0.2) is 87.5 Å². The van der Waals surface area contributed by atoms with E-state index < -0.39 is 49.5 Å². The van der Waals surface area contributed by atoms with Crippen LogP contribution in [0.1, 0.15) is 303 Å². The summed E-state index contributed by atoms with van der Waals surface area (Å²) in [4.78, 5) is 13.1. The Hall–Kier alpha value is -1.33. The quantitative estimate of drug-likeness (QED) is 0.0261. The number of carbonyl (C=O) groups is 1. The van der Waals surface area contributed by atoms with Gasteiger partial charge < -0.3 is 40.3 Å². The van der Waals surface area contributed by atoms with E-state index in [-0.39, 0.29) is 12.5 Å². The molecular formula is C61H117NO8. The molecule has 9 heteroatoms. The summed E-state index contributed by atoms with van der Waals surface area (Å²) in [5.74, 6) is -0.139. The molecule has 1 fully saturated rings. The van der Waals surface area contributed by atoms with Gasteiger partial charge >= 0.3 is 0 Å². The van der Waals surface area contributed by atoms with E-state index in [1.165, 1.54) is 231 Å². The lowest BCUT2D eigenvalue weighted by molar-refractivity contribution is -0.302. The Morgan fingerprint density at radius 3 is 1.23 bits per heavy atom. The van der Waals surface area contributed by atoms with E-state index >= 15 is 0 Å². The first-order valence-electron chi connectivity index (χ1n) is 30.5. The molecule has 0 radical (unpaired) electrons. The number of ether oxygens (including phenoxy) is 2. The Morgan fingerprint density at radius 1 is 0.486 bits per heavy atom. The van der Waals surface area contributed by atoms with Crippen LogP contribution >= 0.6 is 0 Å². The van der Waals surface area contributed by atoms with Crippen LogP contribution in [0.25, 0.3) is 0 Å². The van der Waals surface area contributed by atoms with Gasteiger partial charge in [-0.2, -0.15) is 0 Å². The number of hydrogen-bond donors (Lipinski definition) is 6. The van der Waals surface area contributed by atoms with Crippen molar-refractivity contribution in [3.05, 3.63) is 24.3 Å². The SMILES string of the molecule is CCCCCCC/C=C\C/C=C\CCCCCCCCCCCCCCCCCC(=O)NC(COC1OC(CO)C(O)C(O)C1O)C(O)CCCCCCCCCCCCCCCCCCCCCC. The normalized spacial score (nSPS) is 19.4. The van der Waals surface area contributed by atoms with E-state index in [2.05, 4.69) is 43.5 Å². The molecule has 1 amide bonds. The van der Waals surface area contributed by atoms with Gasteiger partial charge in [0.15, 0.2) is 6.29 Å². The molecule has 1 aliphatic heterocycles. The van der Waals surface area contributed by atoms with Crippen LogP contribution in [0.4, 0.5) is 0 Å². The fourth-order valence-electron chi connectivity index (χ4n) is 9.96. The molecular weight excluding hydrogens is 875 g/mol. The molecule has 0 aromatic heterocycles. The maximum absolute atomic E-state index is 13.1. The molecule has 7 unspecified atom stereocenters. The number of hydrogen-bond acceptors (Lipinski definition) is 8. The largest absolute Gasteiger partial charge is 0.394 e. The van der Waals surface area contributed by atoms with Crippen LogP contribution in [0.3, 0.4) is 0 Å². The van der Waals surface area contributed by atoms with E-state index in [9.17, 15) is 30.3 Å². The van der Waals surface area contributed by atoms with Crippen molar-refractivity contribution in [1.82, 2.24) is 5.32 Å². The van der Waals surface area contributed by atoms with E-state index in [0.717, 1.165) is 44.9 Å². The molecule has 1 aliphatic rings. The number of allylic oxidation sites excluding steroid dienone is 4. The Kier molecular flexibility index (Phi) is 48.7. The van der Waals surface area contributed by atoms with Gasteiger partial charge in [0.25, 0.3) is 0 Å². The summed E-state index contributed by atoms with van der Waals surface area (Å²) in [5.41, 5.74) is 0. The van der Waals surface area contributed by atoms with Gasteiger partial charge in [-0.05, 0) is 44.9 Å².